The summed E-state index contributed by atoms with van der Waals surface area (Å²) < 4.78 is 0. The van der Waals surface area contributed by atoms with Crippen LogP contribution in [-0.4, -0.2) is 21.0 Å². The average molecular weight is 230 g/mol. The molecule has 1 fully saturated rings. The summed E-state index contributed by atoms with van der Waals surface area (Å²) >= 11 is 0. The van der Waals surface area contributed by atoms with Gasteiger partial charge < -0.3 is 10.3 Å². The lowest BCUT2D eigenvalue weighted by molar-refractivity contribution is 0.623. The molecule has 0 spiro atoms. The number of hydrogen-bond acceptors (Lipinski definition) is 3. The molecule has 2 N–H and O–H groups in total. The first kappa shape index (κ1) is 10.6. The minimum atomic E-state index is 0.580. The van der Waals surface area contributed by atoms with Gasteiger partial charge in [-0.2, -0.15) is 0 Å². The first-order valence-corrected chi connectivity index (χ1v) is 6.33. The Hall–Kier alpha value is -1.58. The number of rotatable bonds is 4. The molecule has 3 rings (SSSR count). The Morgan fingerprint density at radius 3 is 2.94 bits per heavy atom. The lowest BCUT2D eigenvalue weighted by Crippen LogP contribution is -2.08. The van der Waals surface area contributed by atoms with Crippen molar-refractivity contribution < 1.29 is 0 Å². The zero-order chi connectivity index (χ0) is 11.8. The van der Waals surface area contributed by atoms with Crippen molar-refractivity contribution >= 4 is 16.9 Å². The Balaban J connectivity index is 1.99. The van der Waals surface area contributed by atoms with E-state index in [1.807, 2.05) is 12.3 Å². The smallest absolute Gasteiger partial charge is 0.143 e. The molecule has 1 saturated carbocycles. The molecule has 2 aromatic rings. The molecule has 0 bridgehead atoms. The summed E-state index contributed by atoms with van der Waals surface area (Å²) in [5.41, 5.74) is 0.943. The third kappa shape index (κ3) is 2.25. The largest absolute Gasteiger partial charge is 0.367 e. The van der Waals surface area contributed by atoms with E-state index in [9.17, 15) is 0 Å². The fourth-order valence-corrected chi connectivity index (χ4v) is 1.98. The van der Waals surface area contributed by atoms with Gasteiger partial charge in [0.15, 0.2) is 0 Å². The molecule has 2 heterocycles. The van der Waals surface area contributed by atoms with Gasteiger partial charge in [0.05, 0.1) is 5.39 Å². The van der Waals surface area contributed by atoms with Crippen LogP contribution in [-0.2, 0) is 6.42 Å². The molecule has 17 heavy (non-hydrogen) atoms. The van der Waals surface area contributed by atoms with Crippen LogP contribution in [0.4, 0.5) is 5.82 Å². The Labute approximate surface area is 101 Å². The van der Waals surface area contributed by atoms with E-state index in [0.717, 1.165) is 29.1 Å². The average Bonchev–Trinajstić information content (AvgIpc) is 2.93. The molecular weight excluding hydrogens is 212 g/mol. The molecule has 0 saturated heterocycles. The molecule has 0 aromatic carbocycles. The van der Waals surface area contributed by atoms with E-state index in [2.05, 4.69) is 34.1 Å². The molecule has 2 aromatic heterocycles. The van der Waals surface area contributed by atoms with Crippen LogP contribution >= 0.6 is 0 Å². The van der Waals surface area contributed by atoms with E-state index < -0.39 is 0 Å². The van der Waals surface area contributed by atoms with Crippen LogP contribution < -0.4 is 5.32 Å². The van der Waals surface area contributed by atoms with Crippen molar-refractivity contribution in [2.45, 2.75) is 39.2 Å². The van der Waals surface area contributed by atoms with Crippen LogP contribution in [0.5, 0.6) is 0 Å². The fraction of sp³-hybridized carbons (Fsp3) is 0.538. The zero-order valence-electron chi connectivity index (χ0n) is 10.3. The summed E-state index contributed by atoms with van der Waals surface area (Å²) in [6, 6.07) is 2.66. The predicted octanol–water partition coefficient (Wildman–Crippen LogP) is 2.73. The van der Waals surface area contributed by atoms with Crippen molar-refractivity contribution in [3.05, 3.63) is 18.1 Å². The van der Waals surface area contributed by atoms with Crippen molar-refractivity contribution in [3.8, 4) is 0 Å². The number of aromatic amines is 1. The van der Waals surface area contributed by atoms with Crippen LogP contribution in [0.15, 0.2) is 12.3 Å². The molecule has 0 aliphatic heterocycles. The second-order valence-electron chi connectivity index (χ2n) is 5.24. The minimum absolute atomic E-state index is 0.580. The van der Waals surface area contributed by atoms with Crippen LogP contribution in [0.2, 0.25) is 0 Å². The molecule has 0 unspecified atom stereocenters. The highest BCUT2D eigenvalue weighted by molar-refractivity contribution is 5.87. The number of H-pyrrole nitrogens is 1. The first-order valence-electron chi connectivity index (χ1n) is 6.33. The molecule has 90 valence electrons. The minimum Gasteiger partial charge on any atom is -0.367 e. The van der Waals surface area contributed by atoms with Crippen molar-refractivity contribution in [2.24, 2.45) is 5.92 Å². The SMILES string of the molecule is CC(C)Cc1nc(NC2CC2)c2cc[nH]c2n1. The molecule has 4 nitrogen and oxygen atoms in total. The van der Waals surface area contributed by atoms with Gasteiger partial charge >= 0.3 is 0 Å². The maximum absolute atomic E-state index is 4.65. The van der Waals surface area contributed by atoms with Gasteiger partial charge in [-0.1, -0.05) is 13.8 Å². The zero-order valence-corrected chi connectivity index (χ0v) is 10.3. The molecule has 4 heteroatoms. The Morgan fingerprint density at radius 1 is 1.41 bits per heavy atom. The van der Waals surface area contributed by atoms with E-state index in [-0.39, 0.29) is 0 Å². The molecular formula is C13H18N4. The Morgan fingerprint density at radius 2 is 2.24 bits per heavy atom. The third-order valence-electron chi connectivity index (χ3n) is 2.97. The summed E-state index contributed by atoms with van der Waals surface area (Å²) in [7, 11) is 0. The number of nitrogens with one attached hydrogen (secondary N) is 2. The number of anilines is 1. The summed E-state index contributed by atoms with van der Waals surface area (Å²) in [6.45, 7) is 4.38. The molecule has 1 aliphatic rings. The lowest BCUT2D eigenvalue weighted by Gasteiger charge is -2.09. The highest BCUT2D eigenvalue weighted by Gasteiger charge is 2.23. The first-order chi connectivity index (χ1) is 8.22. The standard InChI is InChI=1S/C13H18N4/c1-8(2)7-11-16-12-10(5-6-14-12)13(17-11)15-9-3-4-9/h5-6,8-9H,3-4,7H2,1-2H3,(H2,14,15,16,17). The van der Waals surface area contributed by atoms with Crippen LogP contribution in [0.25, 0.3) is 11.0 Å². The van der Waals surface area contributed by atoms with Crippen molar-refractivity contribution in [1.29, 1.82) is 0 Å². The van der Waals surface area contributed by atoms with Crippen molar-refractivity contribution in [3.63, 3.8) is 0 Å². The molecule has 0 atom stereocenters. The number of aromatic nitrogens is 3. The molecule has 0 amide bonds. The van der Waals surface area contributed by atoms with Gasteiger partial charge in [-0.25, -0.2) is 9.97 Å². The van der Waals surface area contributed by atoms with Crippen LogP contribution in [0, 0.1) is 5.92 Å². The van der Waals surface area contributed by atoms with Gasteiger partial charge in [0.2, 0.25) is 0 Å². The Bertz CT molecular complexity index is 525. The topological polar surface area (TPSA) is 53.6 Å². The van der Waals surface area contributed by atoms with Crippen LogP contribution in [0.3, 0.4) is 0 Å². The second-order valence-corrected chi connectivity index (χ2v) is 5.24. The number of nitrogens with zero attached hydrogens (tertiary/aromatic N) is 2. The van der Waals surface area contributed by atoms with E-state index in [0.29, 0.717) is 12.0 Å². The lowest BCUT2D eigenvalue weighted by atomic mass is 10.1. The van der Waals surface area contributed by atoms with Gasteiger partial charge in [0.1, 0.15) is 17.3 Å². The second kappa shape index (κ2) is 4.02. The summed E-state index contributed by atoms with van der Waals surface area (Å²) in [5.74, 6) is 2.50. The summed E-state index contributed by atoms with van der Waals surface area (Å²) in [4.78, 5) is 12.4. The van der Waals surface area contributed by atoms with Crippen LogP contribution in [0.1, 0.15) is 32.5 Å². The number of fused-ring (bicyclic) bond motifs is 1. The van der Waals surface area contributed by atoms with E-state index in [4.69, 9.17) is 0 Å². The summed E-state index contributed by atoms with van der Waals surface area (Å²) in [5, 5.41) is 4.59. The van der Waals surface area contributed by atoms with Gasteiger partial charge in [0, 0.05) is 18.7 Å². The maximum atomic E-state index is 4.65. The predicted molar refractivity (Wildman–Crippen MR) is 69.1 cm³/mol. The molecule has 0 radical (unpaired) electrons. The quantitative estimate of drug-likeness (QED) is 0.849. The summed E-state index contributed by atoms with van der Waals surface area (Å²) in [6.07, 6.45) is 5.37. The monoisotopic (exact) mass is 230 g/mol. The van der Waals surface area contributed by atoms with Crippen molar-refractivity contribution in [2.75, 3.05) is 5.32 Å². The molecule has 1 aliphatic carbocycles. The Kier molecular flexibility index (Phi) is 2.50. The van der Waals surface area contributed by atoms with E-state index >= 15 is 0 Å². The van der Waals surface area contributed by atoms with E-state index in [1.165, 1.54) is 12.8 Å². The van der Waals surface area contributed by atoms with Crippen molar-refractivity contribution in [1.82, 2.24) is 15.0 Å². The maximum Gasteiger partial charge on any atom is 0.143 e. The highest BCUT2D eigenvalue weighted by Crippen LogP contribution is 2.27. The van der Waals surface area contributed by atoms with Gasteiger partial charge in [-0.3, -0.25) is 0 Å². The normalized spacial score (nSPS) is 15.7. The number of hydrogen-bond donors (Lipinski definition) is 2. The van der Waals surface area contributed by atoms with Gasteiger partial charge in [-0.05, 0) is 24.8 Å². The fourth-order valence-electron chi connectivity index (χ4n) is 1.98. The highest BCUT2D eigenvalue weighted by atomic mass is 15.1. The van der Waals surface area contributed by atoms with Gasteiger partial charge in [0.25, 0.3) is 0 Å². The van der Waals surface area contributed by atoms with E-state index in [1.54, 1.807) is 0 Å². The third-order valence-corrected chi connectivity index (χ3v) is 2.97. The van der Waals surface area contributed by atoms with Gasteiger partial charge in [-0.15, -0.1) is 0 Å².